The number of carbonyl (C=O) groups is 2. The second kappa shape index (κ2) is 10.4. The van der Waals surface area contributed by atoms with E-state index in [9.17, 15) is 22.8 Å². The van der Waals surface area contributed by atoms with Crippen LogP contribution < -0.4 is 21.1 Å². The van der Waals surface area contributed by atoms with Crippen molar-refractivity contribution in [2.24, 2.45) is 5.92 Å². The lowest BCUT2D eigenvalue weighted by atomic mass is 9.89. The number of nitrogens with zero attached hydrogens (tertiary/aromatic N) is 1. The van der Waals surface area contributed by atoms with Gasteiger partial charge >= 0.3 is 0 Å². The molecular formula is C23H36N4O5S. The summed E-state index contributed by atoms with van der Waals surface area (Å²) in [7, 11) is -3.65. The lowest BCUT2D eigenvalue weighted by Gasteiger charge is -2.27. The molecule has 184 valence electrons. The highest BCUT2D eigenvalue weighted by Crippen LogP contribution is 2.27. The molecule has 0 bridgehead atoms. The van der Waals surface area contributed by atoms with Crippen LogP contribution in [0.15, 0.2) is 10.9 Å². The monoisotopic (exact) mass is 480 g/mol. The van der Waals surface area contributed by atoms with Crippen LogP contribution in [0.4, 0.5) is 0 Å². The third kappa shape index (κ3) is 6.66. The van der Waals surface area contributed by atoms with Gasteiger partial charge in [0.15, 0.2) is 0 Å². The Kier molecular flexibility index (Phi) is 8.00. The lowest BCUT2D eigenvalue weighted by Crippen LogP contribution is -2.58. The Morgan fingerprint density at radius 3 is 2.36 bits per heavy atom. The van der Waals surface area contributed by atoms with Crippen molar-refractivity contribution in [2.75, 3.05) is 6.26 Å². The molecule has 2 aliphatic carbocycles. The van der Waals surface area contributed by atoms with Crippen LogP contribution in [0, 0.1) is 5.92 Å². The molecule has 3 rings (SSSR count). The number of carbonyl (C=O) groups excluding carboxylic acids is 2. The molecule has 10 heteroatoms. The van der Waals surface area contributed by atoms with Crippen LogP contribution >= 0.6 is 0 Å². The van der Waals surface area contributed by atoms with Crippen molar-refractivity contribution in [2.45, 2.75) is 90.1 Å². The van der Waals surface area contributed by atoms with Crippen LogP contribution in [0.5, 0.6) is 0 Å². The van der Waals surface area contributed by atoms with Gasteiger partial charge in [-0.25, -0.2) is 8.42 Å². The van der Waals surface area contributed by atoms with Gasteiger partial charge in [0.2, 0.25) is 10.0 Å². The van der Waals surface area contributed by atoms with Gasteiger partial charge in [0.25, 0.3) is 17.4 Å². The molecule has 0 unspecified atom stereocenters. The number of hydrogen-bond acceptors (Lipinski definition) is 5. The predicted molar refractivity (Wildman–Crippen MR) is 126 cm³/mol. The Hall–Kier alpha value is -2.20. The van der Waals surface area contributed by atoms with Gasteiger partial charge in [0.05, 0.1) is 6.26 Å². The van der Waals surface area contributed by atoms with E-state index in [1.807, 2.05) is 9.40 Å². The summed E-state index contributed by atoms with van der Waals surface area (Å²) in [6.07, 6.45) is 11.5. The zero-order valence-electron chi connectivity index (χ0n) is 19.8. The molecule has 9 nitrogen and oxygen atoms in total. The zero-order chi connectivity index (χ0) is 24.2. The second-order valence-corrected chi connectivity index (χ2v) is 11.7. The van der Waals surface area contributed by atoms with Gasteiger partial charge in [-0.1, -0.05) is 25.7 Å². The van der Waals surface area contributed by atoms with Crippen molar-refractivity contribution in [3.8, 4) is 0 Å². The standard InChI is InChI=1S/C23H36N4O5S/c1-23(2,22(30)25-26-33(3,31)32)24-20(28)18-14-17-12-8-5-9-13-19(17)27(21(18)29)15-16-10-6-4-7-11-16/h14,16,26H,4-13,15H2,1-3H3,(H,24,28)(H,25,30). The number of amides is 2. The van der Waals surface area contributed by atoms with Gasteiger partial charge in [-0.2, -0.15) is 0 Å². The Bertz CT molecular complexity index is 1060. The number of sulfonamides is 1. The molecule has 0 aliphatic heterocycles. The molecule has 1 saturated carbocycles. The molecule has 0 atom stereocenters. The predicted octanol–water partition coefficient (Wildman–Crippen LogP) is 1.79. The fourth-order valence-electron chi connectivity index (χ4n) is 4.74. The van der Waals surface area contributed by atoms with E-state index >= 15 is 0 Å². The number of hydrazine groups is 1. The van der Waals surface area contributed by atoms with Crippen molar-refractivity contribution in [1.29, 1.82) is 0 Å². The second-order valence-electron chi connectivity index (χ2n) is 9.92. The third-order valence-corrected chi connectivity index (χ3v) is 7.08. The van der Waals surface area contributed by atoms with E-state index < -0.39 is 27.4 Å². The Labute approximate surface area is 195 Å². The van der Waals surface area contributed by atoms with E-state index in [4.69, 9.17) is 0 Å². The summed E-state index contributed by atoms with van der Waals surface area (Å²) in [5, 5.41) is 2.60. The maximum Gasteiger partial charge on any atom is 0.263 e. The number of rotatable bonds is 7. The third-order valence-electron chi connectivity index (χ3n) is 6.60. The molecular weight excluding hydrogens is 444 g/mol. The minimum Gasteiger partial charge on any atom is -0.338 e. The highest BCUT2D eigenvalue weighted by molar-refractivity contribution is 7.88. The normalized spacial score (nSPS) is 17.7. The average Bonchev–Trinajstić information content (AvgIpc) is 2.99. The van der Waals surface area contributed by atoms with E-state index in [0.29, 0.717) is 12.5 Å². The highest BCUT2D eigenvalue weighted by Gasteiger charge is 2.32. The summed E-state index contributed by atoms with van der Waals surface area (Å²) in [6.45, 7) is 3.53. The van der Waals surface area contributed by atoms with Crippen molar-refractivity contribution in [1.82, 2.24) is 20.1 Å². The number of nitrogens with one attached hydrogen (secondary N) is 3. The first-order chi connectivity index (χ1) is 15.5. The number of fused-ring (bicyclic) bond motifs is 1. The van der Waals surface area contributed by atoms with E-state index in [-0.39, 0.29) is 11.1 Å². The summed E-state index contributed by atoms with van der Waals surface area (Å²) in [5.74, 6) is -0.936. The molecule has 0 aromatic carbocycles. The molecule has 0 radical (unpaired) electrons. The zero-order valence-corrected chi connectivity index (χ0v) is 20.6. The van der Waals surface area contributed by atoms with Gasteiger partial charge < -0.3 is 9.88 Å². The van der Waals surface area contributed by atoms with E-state index in [2.05, 4.69) is 10.7 Å². The molecule has 1 fully saturated rings. The van der Waals surface area contributed by atoms with Crippen LogP contribution in [-0.4, -0.2) is 36.6 Å². The van der Waals surface area contributed by atoms with Crippen LogP contribution in [-0.2, 0) is 34.2 Å². The van der Waals surface area contributed by atoms with Gasteiger partial charge in [-0.05, 0) is 69.9 Å². The van der Waals surface area contributed by atoms with Crippen LogP contribution in [0.3, 0.4) is 0 Å². The first-order valence-electron chi connectivity index (χ1n) is 11.8. The minimum absolute atomic E-state index is 0.0309. The number of pyridine rings is 1. The van der Waals surface area contributed by atoms with Gasteiger partial charge in [-0.3, -0.25) is 19.8 Å². The molecule has 1 aromatic rings. The fourth-order valence-corrected chi connectivity index (χ4v) is 5.02. The average molecular weight is 481 g/mol. The summed E-state index contributed by atoms with van der Waals surface area (Å²) in [4.78, 5) is 41.0. The molecule has 3 N–H and O–H groups in total. The first kappa shape index (κ1) is 25.4. The van der Waals surface area contributed by atoms with E-state index in [0.717, 1.165) is 62.5 Å². The van der Waals surface area contributed by atoms with Crippen molar-refractivity contribution < 1.29 is 18.0 Å². The van der Waals surface area contributed by atoms with Crippen LogP contribution in [0.1, 0.15) is 86.8 Å². The SMILES string of the molecule is CC(C)(NC(=O)c1cc2c(n(CC3CCCCC3)c1=O)CCCCC2)C(=O)NNS(C)(=O)=O. The molecule has 33 heavy (non-hydrogen) atoms. The van der Waals surface area contributed by atoms with Gasteiger partial charge in [-0.15, -0.1) is 4.83 Å². The first-order valence-corrected chi connectivity index (χ1v) is 13.7. The summed E-state index contributed by atoms with van der Waals surface area (Å²) < 4.78 is 24.3. The van der Waals surface area contributed by atoms with E-state index in [1.165, 1.54) is 33.1 Å². The fraction of sp³-hybridized carbons (Fsp3) is 0.696. The van der Waals surface area contributed by atoms with Gasteiger partial charge in [0, 0.05) is 12.2 Å². The van der Waals surface area contributed by atoms with Crippen LogP contribution in [0.25, 0.3) is 0 Å². The summed E-state index contributed by atoms with van der Waals surface area (Å²) in [5.41, 5.74) is 2.44. The molecule has 0 spiro atoms. The van der Waals surface area contributed by atoms with Crippen molar-refractivity contribution >= 4 is 21.8 Å². The number of aryl methyl sites for hydroxylation is 1. The lowest BCUT2D eigenvalue weighted by molar-refractivity contribution is -0.126. The maximum absolute atomic E-state index is 13.5. The number of hydrogen-bond donors (Lipinski definition) is 3. The van der Waals surface area contributed by atoms with Crippen LogP contribution in [0.2, 0.25) is 0 Å². The minimum atomic E-state index is -3.65. The molecule has 1 heterocycles. The van der Waals surface area contributed by atoms with Crippen molar-refractivity contribution in [3.63, 3.8) is 0 Å². The van der Waals surface area contributed by atoms with Gasteiger partial charge in [0.1, 0.15) is 11.1 Å². The highest BCUT2D eigenvalue weighted by atomic mass is 32.2. The molecule has 2 amide bonds. The molecule has 0 saturated heterocycles. The summed E-state index contributed by atoms with van der Waals surface area (Å²) in [6, 6.07) is 1.69. The van der Waals surface area contributed by atoms with Crippen molar-refractivity contribution in [3.05, 3.63) is 33.2 Å². The van der Waals surface area contributed by atoms with E-state index in [1.54, 1.807) is 6.07 Å². The number of aromatic nitrogens is 1. The topological polar surface area (TPSA) is 126 Å². The Morgan fingerprint density at radius 1 is 1.06 bits per heavy atom. The quantitative estimate of drug-likeness (QED) is 0.405. The summed E-state index contributed by atoms with van der Waals surface area (Å²) >= 11 is 0. The largest absolute Gasteiger partial charge is 0.338 e. The molecule has 2 aliphatic rings. The Morgan fingerprint density at radius 2 is 1.70 bits per heavy atom. The smallest absolute Gasteiger partial charge is 0.263 e. The Balaban J connectivity index is 1.89. The molecule has 1 aromatic heterocycles. The maximum atomic E-state index is 13.5.